The highest BCUT2D eigenvalue weighted by Crippen LogP contribution is 2.22. The van der Waals surface area contributed by atoms with E-state index >= 15 is 0 Å². The van der Waals surface area contributed by atoms with E-state index in [2.05, 4.69) is 31.5 Å². The van der Waals surface area contributed by atoms with E-state index in [4.69, 9.17) is 11.6 Å². The number of hydrogen-bond acceptors (Lipinski definition) is 4. The Morgan fingerprint density at radius 1 is 1.27 bits per heavy atom. The molecule has 1 aromatic rings. The Balaban J connectivity index is 1.44. The molecule has 2 fully saturated rings. The summed E-state index contributed by atoms with van der Waals surface area (Å²) >= 11 is 6.11. The molecule has 1 atom stereocenters. The van der Waals surface area contributed by atoms with E-state index in [0.717, 1.165) is 42.8 Å². The second kappa shape index (κ2) is 9.55. The summed E-state index contributed by atoms with van der Waals surface area (Å²) in [7, 11) is 1.77. The van der Waals surface area contributed by atoms with E-state index in [1.165, 1.54) is 4.90 Å². The molecule has 2 aliphatic heterocycles. The molecule has 0 saturated carbocycles. The minimum absolute atomic E-state index is 0.142. The SMILES string of the molecule is CCC1(C)NC(=O)N(CCCNC(=NC)N2CCN(c3cccc(Cl)c3)CC2)C1=O. The van der Waals surface area contributed by atoms with Gasteiger partial charge in [-0.2, -0.15) is 0 Å². The zero-order valence-corrected chi connectivity index (χ0v) is 18.7. The van der Waals surface area contributed by atoms with Gasteiger partial charge in [-0.25, -0.2) is 4.79 Å². The molecule has 2 heterocycles. The molecule has 164 valence electrons. The molecule has 30 heavy (non-hydrogen) atoms. The summed E-state index contributed by atoms with van der Waals surface area (Å²) in [5, 5.41) is 6.89. The van der Waals surface area contributed by atoms with Crippen LogP contribution in [0.5, 0.6) is 0 Å². The van der Waals surface area contributed by atoms with Crippen molar-refractivity contribution in [2.45, 2.75) is 32.2 Å². The van der Waals surface area contributed by atoms with Crippen molar-refractivity contribution in [3.8, 4) is 0 Å². The van der Waals surface area contributed by atoms with E-state index in [-0.39, 0.29) is 11.9 Å². The molecule has 2 saturated heterocycles. The highest BCUT2D eigenvalue weighted by atomic mass is 35.5. The van der Waals surface area contributed by atoms with Crippen LogP contribution >= 0.6 is 11.6 Å². The first kappa shape index (κ1) is 22.2. The summed E-state index contributed by atoms with van der Waals surface area (Å²) in [6, 6.07) is 7.62. The van der Waals surface area contributed by atoms with Gasteiger partial charge in [0, 0.05) is 57.0 Å². The van der Waals surface area contributed by atoms with Crippen LogP contribution < -0.4 is 15.5 Å². The standard InChI is InChI=1S/C21H31ClN6O2/c1-4-21(2)18(29)28(20(30)25-21)10-6-9-24-19(23-3)27-13-11-26(12-14-27)17-8-5-7-16(22)15-17/h5,7-8,15H,4,6,9-14H2,1-3H3,(H,23,24)(H,25,30). The number of nitrogens with zero attached hydrogens (tertiary/aromatic N) is 4. The molecular weight excluding hydrogens is 404 g/mol. The molecular formula is C21H31ClN6O2. The van der Waals surface area contributed by atoms with E-state index < -0.39 is 5.54 Å². The summed E-state index contributed by atoms with van der Waals surface area (Å²) in [4.78, 5) is 34.8. The maximum Gasteiger partial charge on any atom is 0.325 e. The quantitative estimate of drug-likeness (QED) is 0.310. The molecule has 0 aromatic heterocycles. The predicted octanol–water partition coefficient (Wildman–Crippen LogP) is 2.15. The van der Waals surface area contributed by atoms with Crippen LogP contribution in [-0.2, 0) is 4.79 Å². The summed E-state index contributed by atoms with van der Waals surface area (Å²) < 4.78 is 0. The fourth-order valence-corrected chi connectivity index (χ4v) is 3.99. The molecule has 0 radical (unpaired) electrons. The molecule has 8 nitrogen and oxygen atoms in total. The summed E-state index contributed by atoms with van der Waals surface area (Å²) in [6.07, 6.45) is 1.25. The highest BCUT2D eigenvalue weighted by Gasteiger charge is 2.45. The lowest BCUT2D eigenvalue weighted by Gasteiger charge is -2.37. The van der Waals surface area contributed by atoms with Crippen LogP contribution in [-0.4, -0.2) is 79.6 Å². The minimum Gasteiger partial charge on any atom is -0.368 e. The Labute approximate surface area is 183 Å². The van der Waals surface area contributed by atoms with Gasteiger partial charge in [-0.3, -0.25) is 14.7 Å². The maximum absolute atomic E-state index is 12.4. The molecule has 9 heteroatoms. The van der Waals surface area contributed by atoms with Crippen molar-refractivity contribution in [2.75, 3.05) is 51.2 Å². The molecule has 0 aliphatic carbocycles. The molecule has 3 rings (SSSR count). The Kier molecular flexibility index (Phi) is 7.07. The largest absolute Gasteiger partial charge is 0.368 e. The Morgan fingerprint density at radius 3 is 2.60 bits per heavy atom. The van der Waals surface area contributed by atoms with Crippen LogP contribution in [0.1, 0.15) is 26.7 Å². The number of nitrogens with one attached hydrogen (secondary N) is 2. The van der Waals surface area contributed by atoms with Crippen LogP contribution in [0.4, 0.5) is 10.5 Å². The monoisotopic (exact) mass is 434 g/mol. The minimum atomic E-state index is -0.775. The molecule has 2 aliphatic rings. The molecule has 0 spiro atoms. The summed E-state index contributed by atoms with van der Waals surface area (Å²) in [6.45, 7) is 8.20. The Morgan fingerprint density at radius 2 is 2.00 bits per heavy atom. The number of carbonyl (C=O) groups is 2. The van der Waals surface area contributed by atoms with Gasteiger partial charge in [-0.05, 0) is 38.0 Å². The number of guanidine groups is 1. The molecule has 1 unspecified atom stereocenters. The number of halogens is 1. The van der Waals surface area contributed by atoms with Crippen molar-refractivity contribution in [2.24, 2.45) is 4.99 Å². The third-order valence-electron chi connectivity index (χ3n) is 5.86. The van der Waals surface area contributed by atoms with Crippen LogP contribution in [0.15, 0.2) is 29.3 Å². The highest BCUT2D eigenvalue weighted by molar-refractivity contribution is 6.30. The second-order valence-electron chi connectivity index (χ2n) is 7.85. The first-order valence-electron chi connectivity index (χ1n) is 10.5. The fraction of sp³-hybridized carbons (Fsp3) is 0.571. The van der Waals surface area contributed by atoms with Crippen LogP contribution in [0.2, 0.25) is 5.02 Å². The number of aliphatic imine (C=N–C) groups is 1. The van der Waals surface area contributed by atoms with Crippen LogP contribution in [0.3, 0.4) is 0 Å². The number of carbonyl (C=O) groups excluding carboxylic acids is 2. The van der Waals surface area contributed by atoms with Crippen molar-refractivity contribution in [1.82, 2.24) is 20.4 Å². The van der Waals surface area contributed by atoms with E-state index in [1.807, 2.05) is 25.1 Å². The zero-order chi connectivity index (χ0) is 21.7. The topological polar surface area (TPSA) is 80.3 Å². The van der Waals surface area contributed by atoms with Gasteiger partial charge in [-0.15, -0.1) is 0 Å². The lowest BCUT2D eigenvalue weighted by molar-refractivity contribution is -0.130. The van der Waals surface area contributed by atoms with Gasteiger partial charge in [0.2, 0.25) is 0 Å². The van der Waals surface area contributed by atoms with Crippen molar-refractivity contribution >= 4 is 35.2 Å². The van der Waals surface area contributed by atoms with Gasteiger partial charge in [0.15, 0.2) is 5.96 Å². The zero-order valence-electron chi connectivity index (χ0n) is 17.9. The molecule has 1 aromatic carbocycles. The Bertz CT molecular complexity index is 808. The van der Waals surface area contributed by atoms with Gasteiger partial charge in [-0.1, -0.05) is 24.6 Å². The van der Waals surface area contributed by atoms with Gasteiger partial charge in [0.25, 0.3) is 5.91 Å². The number of benzene rings is 1. The fourth-order valence-electron chi connectivity index (χ4n) is 3.81. The van der Waals surface area contributed by atoms with Crippen molar-refractivity contribution < 1.29 is 9.59 Å². The van der Waals surface area contributed by atoms with Gasteiger partial charge in [0.05, 0.1) is 0 Å². The van der Waals surface area contributed by atoms with E-state index in [0.29, 0.717) is 25.9 Å². The van der Waals surface area contributed by atoms with Crippen molar-refractivity contribution in [1.29, 1.82) is 0 Å². The summed E-state index contributed by atoms with van der Waals surface area (Å²) in [5.41, 5.74) is 0.362. The number of urea groups is 1. The maximum atomic E-state index is 12.4. The van der Waals surface area contributed by atoms with Gasteiger partial charge >= 0.3 is 6.03 Å². The Hall–Kier alpha value is -2.48. The normalized spacial score (nSPS) is 22.5. The number of rotatable bonds is 6. The smallest absolute Gasteiger partial charge is 0.325 e. The van der Waals surface area contributed by atoms with Crippen LogP contribution in [0, 0.1) is 0 Å². The van der Waals surface area contributed by atoms with Crippen molar-refractivity contribution in [3.63, 3.8) is 0 Å². The first-order valence-corrected chi connectivity index (χ1v) is 10.9. The number of piperazine rings is 1. The van der Waals surface area contributed by atoms with E-state index in [1.54, 1.807) is 14.0 Å². The number of amides is 3. The second-order valence-corrected chi connectivity index (χ2v) is 8.29. The third-order valence-corrected chi connectivity index (χ3v) is 6.09. The number of anilines is 1. The van der Waals surface area contributed by atoms with Gasteiger partial charge < -0.3 is 20.4 Å². The van der Waals surface area contributed by atoms with E-state index in [9.17, 15) is 9.59 Å². The van der Waals surface area contributed by atoms with Crippen LogP contribution in [0.25, 0.3) is 0 Å². The number of hydrogen-bond donors (Lipinski definition) is 2. The van der Waals surface area contributed by atoms with Crippen molar-refractivity contribution in [3.05, 3.63) is 29.3 Å². The predicted molar refractivity (Wildman–Crippen MR) is 120 cm³/mol. The lowest BCUT2D eigenvalue weighted by Crippen LogP contribution is -2.52. The number of imide groups is 1. The lowest BCUT2D eigenvalue weighted by atomic mass is 9.99. The molecule has 3 amide bonds. The molecule has 0 bridgehead atoms. The average Bonchev–Trinajstić information content (AvgIpc) is 2.97. The van der Waals surface area contributed by atoms with Gasteiger partial charge in [0.1, 0.15) is 5.54 Å². The first-order chi connectivity index (χ1) is 14.4. The average molecular weight is 435 g/mol. The summed E-state index contributed by atoms with van der Waals surface area (Å²) in [5.74, 6) is 0.702. The third kappa shape index (κ3) is 4.80. The molecule has 2 N–H and O–H groups in total.